The molecule has 0 aliphatic carbocycles. The number of aliphatic hydroxyl groups excluding tert-OH is 1. The van der Waals surface area contributed by atoms with Crippen molar-refractivity contribution in [2.24, 2.45) is 0 Å². The average molecular weight is 291 g/mol. The van der Waals surface area contributed by atoms with E-state index >= 15 is 0 Å². The maximum Gasteiger partial charge on any atom is 0.0942 e. The Labute approximate surface area is 128 Å². The van der Waals surface area contributed by atoms with Crippen LogP contribution in [-0.2, 0) is 4.74 Å². The molecule has 0 saturated carbocycles. The molecular weight excluding hydrogens is 262 g/mol. The van der Waals surface area contributed by atoms with Crippen LogP contribution in [0, 0.1) is 6.92 Å². The summed E-state index contributed by atoms with van der Waals surface area (Å²) in [7, 11) is 0. The van der Waals surface area contributed by atoms with Crippen LogP contribution in [0.5, 0.6) is 0 Å². The van der Waals surface area contributed by atoms with Crippen LogP contribution in [0.4, 0.5) is 0 Å². The molecule has 3 heteroatoms. The van der Waals surface area contributed by atoms with Gasteiger partial charge in [0.15, 0.2) is 0 Å². The van der Waals surface area contributed by atoms with E-state index in [-0.39, 0.29) is 17.2 Å². The van der Waals surface area contributed by atoms with Crippen LogP contribution in [0.2, 0.25) is 0 Å². The highest BCUT2D eigenvalue weighted by Gasteiger charge is 2.40. The fourth-order valence-corrected chi connectivity index (χ4v) is 3.38. The van der Waals surface area contributed by atoms with Gasteiger partial charge in [0.2, 0.25) is 0 Å². The van der Waals surface area contributed by atoms with Gasteiger partial charge in [-0.25, -0.2) is 0 Å². The van der Waals surface area contributed by atoms with E-state index in [0.717, 1.165) is 18.7 Å². The fourth-order valence-electron chi connectivity index (χ4n) is 3.38. The van der Waals surface area contributed by atoms with Gasteiger partial charge in [-0.05, 0) is 47.1 Å². The summed E-state index contributed by atoms with van der Waals surface area (Å²) in [6, 6.07) is 8.22. The Morgan fingerprint density at radius 2 is 1.52 bits per heavy atom. The molecule has 21 heavy (non-hydrogen) atoms. The smallest absolute Gasteiger partial charge is 0.0942 e. The summed E-state index contributed by atoms with van der Waals surface area (Å²) >= 11 is 0. The van der Waals surface area contributed by atoms with Gasteiger partial charge in [-0.2, -0.15) is 0 Å². The number of nitrogens with zero attached hydrogens (tertiary/aromatic N) is 1. The van der Waals surface area contributed by atoms with Crippen molar-refractivity contribution in [2.75, 3.05) is 13.1 Å². The van der Waals surface area contributed by atoms with Crippen molar-refractivity contribution in [1.82, 2.24) is 4.90 Å². The molecule has 2 rings (SSSR count). The Kier molecular flexibility index (Phi) is 4.48. The normalized spacial score (nSPS) is 24.5. The average Bonchev–Trinajstić information content (AvgIpc) is 2.34. The minimum absolute atomic E-state index is 0.0650. The first-order valence-corrected chi connectivity index (χ1v) is 7.78. The van der Waals surface area contributed by atoms with Crippen LogP contribution in [-0.4, -0.2) is 40.3 Å². The Hall–Kier alpha value is -0.900. The number of ether oxygens (including phenoxy) is 1. The van der Waals surface area contributed by atoms with Crippen molar-refractivity contribution in [1.29, 1.82) is 0 Å². The number of morpholine rings is 1. The molecule has 1 aromatic rings. The van der Waals surface area contributed by atoms with Crippen LogP contribution >= 0.6 is 0 Å². The molecule has 1 aliphatic rings. The maximum atomic E-state index is 10.7. The molecule has 2 atom stereocenters. The third kappa shape index (κ3) is 4.06. The lowest BCUT2D eigenvalue weighted by atomic mass is 9.94. The molecule has 1 aromatic carbocycles. The van der Waals surface area contributed by atoms with Crippen molar-refractivity contribution in [3.8, 4) is 0 Å². The summed E-state index contributed by atoms with van der Waals surface area (Å²) in [4.78, 5) is 2.34. The van der Waals surface area contributed by atoms with Crippen LogP contribution in [0.1, 0.15) is 51.8 Å². The Morgan fingerprint density at radius 3 is 2.00 bits per heavy atom. The second kappa shape index (κ2) is 5.71. The molecule has 0 amide bonds. The topological polar surface area (TPSA) is 32.7 Å². The van der Waals surface area contributed by atoms with Gasteiger partial charge >= 0.3 is 0 Å². The van der Waals surface area contributed by atoms with E-state index in [1.165, 1.54) is 5.56 Å². The Bertz CT molecular complexity index is 462. The standard InChI is InChI=1S/C18H29NO2/c1-13-7-9-15(10-8-13)16(20)14(2)19-11-17(3,4)21-18(5,6)12-19/h7-10,14,16,20H,11-12H2,1-6H3. The zero-order valence-corrected chi connectivity index (χ0v) is 14.2. The second-order valence-corrected chi connectivity index (χ2v) is 7.62. The van der Waals surface area contributed by atoms with E-state index in [1.54, 1.807) is 0 Å². The SMILES string of the molecule is Cc1ccc(C(O)C(C)N2CC(C)(C)OC(C)(C)C2)cc1. The van der Waals surface area contributed by atoms with Crippen molar-refractivity contribution >= 4 is 0 Å². The highest BCUT2D eigenvalue weighted by molar-refractivity contribution is 5.24. The zero-order valence-electron chi connectivity index (χ0n) is 14.2. The summed E-state index contributed by atoms with van der Waals surface area (Å²) in [5.41, 5.74) is 1.81. The summed E-state index contributed by atoms with van der Waals surface area (Å²) < 4.78 is 6.12. The summed E-state index contributed by atoms with van der Waals surface area (Å²) in [6.45, 7) is 14.3. The summed E-state index contributed by atoms with van der Waals surface area (Å²) in [6.07, 6.45) is -0.477. The van der Waals surface area contributed by atoms with Gasteiger partial charge in [0, 0.05) is 19.1 Å². The van der Waals surface area contributed by atoms with Crippen molar-refractivity contribution < 1.29 is 9.84 Å². The van der Waals surface area contributed by atoms with E-state index in [9.17, 15) is 5.11 Å². The van der Waals surface area contributed by atoms with Crippen molar-refractivity contribution in [3.05, 3.63) is 35.4 Å². The molecular formula is C18H29NO2. The van der Waals surface area contributed by atoms with Crippen LogP contribution in [0.3, 0.4) is 0 Å². The third-order valence-electron chi connectivity index (χ3n) is 4.17. The maximum absolute atomic E-state index is 10.7. The van der Waals surface area contributed by atoms with Gasteiger partial charge in [0.25, 0.3) is 0 Å². The quantitative estimate of drug-likeness (QED) is 0.927. The van der Waals surface area contributed by atoms with Crippen molar-refractivity contribution in [3.63, 3.8) is 0 Å². The van der Waals surface area contributed by atoms with Gasteiger partial charge in [0.05, 0.1) is 17.3 Å². The highest BCUT2D eigenvalue weighted by Crippen LogP contribution is 2.32. The Balaban J connectivity index is 2.14. The van der Waals surface area contributed by atoms with E-state index in [0.29, 0.717) is 0 Å². The lowest BCUT2D eigenvalue weighted by Gasteiger charge is -2.49. The number of hydrogen-bond acceptors (Lipinski definition) is 3. The first-order chi connectivity index (χ1) is 9.60. The molecule has 1 fully saturated rings. The van der Waals surface area contributed by atoms with E-state index in [2.05, 4.69) is 58.6 Å². The molecule has 0 aromatic heterocycles. The number of benzene rings is 1. The van der Waals surface area contributed by atoms with Crippen LogP contribution in [0.15, 0.2) is 24.3 Å². The molecule has 3 nitrogen and oxygen atoms in total. The van der Waals surface area contributed by atoms with E-state index in [1.807, 2.05) is 12.1 Å². The molecule has 2 unspecified atom stereocenters. The largest absolute Gasteiger partial charge is 0.387 e. The minimum atomic E-state index is -0.477. The molecule has 1 heterocycles. The monoisotopic (exact) mass is 291 g/mol. The molecule has 0 spiro atoms. The molecule has 0 radical (unpaired) electrons. The van der Waals surface area contributed by atoms with Crippen LogP contribution in [0.25, 0.3) is 0 Å². The van der Waals surface area contributed by atoms with Crippen LogP contribution < -0.4 is 0 Å². The Morgan fingerprint density at radius 1 is 1.05 bits per heavy atom. The van der Waals surface area contributed by atoms with Gasteiger partial charge in [0.1, 0.15) is 0 Å². The molecule has 0 bridgehead atoms. The third-order valence-corrected chi connectivity index (χ3v) is 4.17. The van der Waals surface area contributed by atoms with Gasteiger partial charge in [-0.1, -0.05) is 29.8 Å². The first kappa shape index (κ1) is 16.5. The summed E-state index contributed by atoms with van der Waals surface area (Å²) in [5, 5.41) is 10.7. The number of hydrogen-bond donors (Lipinski definition) is 1. The molecule has 1 aliphatic heterocycles. The van der Waals surface area contributed by atoms with Gasteiger partial charge in [-0.3, -0.25) is 4.90 Å². The zero-order chi connectivity index (χ0) is 15.8. The van der Waals surface area contributed by atoms with E-state index < -0.39 is 6.10 Å². The minimum Gasteiger partial charge on any atom is -0.387 e. The number of aryl methyl sites for hydroxylation is 1. The molecule has 118 valence electrons. The number of aliphatic hydroxyl groups is 1. The van der Waals surface area contributed by atoms with Gasteiger partial charge < -0.3 is 9.84 Å². The highest BCUT2D eigenvalue weighted by atomic mass is 16.5. The predicted molar refractivity (Wildman–Crippen MR) is 86.4 cm³/mol. The lowest BCUT2D eigenvalue weighted by Crippen LogP contribution is -2.60. The number of rotatable bonds is 3. The lowest BCUT2D eigenvalue weighted by molar-refractivity contribution is -0.192. The van der Waals surface area contributed by atoms with Gasteiger partial charge in [-0.15, -0.1) is 0 Å². The van der Waals surface area contributed by atoms with E-state index in [4.69, 9.17) is 4.74 Å². The molecule has 1 saturated heterocycles. The van der Waals surface area contributed by atoms with Crippen molar-refractivity contribution in [2.45, 2.75) is 64.9 Å². The molecule has 1 N–H and O–H groups in total. The first-order valence-electron chi connectivity index (χ1n) is 7.78. The predicted octanol–water partition coefficient (Wildman–Crippen LogP) is 3.31. The second-order valence-electron chi connectivity index (χ2n) is 7.62. The summed E-state index contributed by atoms with van der Waals surface area (Å²) in [5.74, 6) is 0. The fraction of sp³-hybridized carbons (Fsp3) is 0.667.